The molecule has 2 heterocycles. The molecule has 1 amide bonds. The van der Waals surface area contributed by atoms with E-state index in [1.54, 1.807) is 24.4 Å². The molecule has 1 aliphatic rings. The van der Waals surface area contributed by atoms with Crippen LogP contribution in [0.5, 0.6) is 5.75 Å². The third-order valence-electron chi connectivity index (χ3n) is 4.43. The van der Waals surface area contributed by atoms with Crippen molar-refractivity contribution >= 4 is 40.1 Å². The molecule has 2 aromatic carbocycles. The molecule has 0 spiro atoms. The third kappa shape index (κ3) is 3.67. The first kappa shape index (κ1) is 20.1. The van der Waals surface area contributed by atoms with Gasteiger partial charge in [0.25, 0.3) is 5.91 Å². The van der Waals surface area contributed by atoms with Gasteiger partial charge in [0, 0.05) is 28.4 Å². The number of carbonyl (C=O) groups is 2. The first-order valence-electron chi connectivity index (χ1n) is 8.44. The summed E-state index contributed by atoms with van der Waals surface area (Å²) >= 11 is 0. The number of rotatable bonds is 4. The first-order valence-corrected chi connectivity index (χ1v) is 8.44. The van der Waals surface area contributed by atoms with E-state index in [2.05, 4.69) is 10.3 Å². The molecule has 0 saturated heterocycles. The number of carboxylic acid groups (broad SMARTS) is 1. The van der Waals surface area contributed by atoms with Crippen LogP contribution in [0.3, 0.4) is 0 Å². The monoisotopic (exact) mass is 384 g/mol. The van der Waals surface area contributed by atoms with E-state index in [-0.39, 0.29) is 36.9 Å². The number of amides is 1. The Labute approximate surface area is 185 Å². The largest absolute Gasteiger partial charge is 1.00 e. The number of nitrogens with one attached hydrogen (secondary N) is 1. The van der Waals surface area contributed by atoms with E-state index >= 15 is 0 Å². The van der Waals surface area contributed by atoms with Crippen molar-refractivity contribution in [2.45, 2.75) is 13.0 Å². The van der Waals surface area contributed by atoms with Crippen LogP contribution in [0.1, 0.15) is 19.5 Å². The minimum atomic E-state index is -1.05. The molecular weight excluding hydrogens is 367 g/mol. The van der Waals surface area contributed by atoms with E-state index < -0.39 is 12.1 Å². The topological polar surface area (TPSA) is 88.5 Å². The molecule has 6 nitrogen and oxygen atoms in total. The molecule has 0 fully saturated rings. The van der Waals surface area contributed by atoms with Crippen LogP contribution in [0.4, 0.5) is 5.69 Å². The Bertz CT molecular complexity index is 1120. The van der Waals surface area contributed by atoms with Crippen LogP contribution in [-0.2, 0) is 9.59 Å². The van der Waals surface area contributed by atoms with Crippen LogP contribution in [0.15, 0.2) is 54.7 Å². The molecule has 1 aromatic heterocycles. The summed E-state index contributed by atoms with van der Waals surface area (Å²) in [6.07, 6.45) is 2.44. The van der Waals surface area contributed by atoms with Gasteiger partial charge in [0.2, 0.25) is 0 Å². The summed E-state index contributed by atoms with van der Waals surface area (Å²) in [6.45, 7) is 1.47. The number of aliphatic carboxylic acids is 1. The molecular formula is C21H17N2NaO4. The standard InChI is InChI=1S/C21H16N2O4.Na.H/c1-12(21(25)26)27-18-9-8-13(14-6-4-10-22-19(14)18)11-16-15-5-2-3-7-17(15)23-20(16)24;;/h2-12H,1H3,(H,23,24)(H,25,26);;/q;+1;-1. The molecule has 1 atom stereocenters. The van der Waals surface area contributed by atoms with Crippen LogP contribution in [0.2, 0.25) is 0 Å². The Balaban J connectivity index is 0.00000150. The van der Waals surface area contributed by atoms with E-state index in [0.29, 0.717) is 16.8 Å². The summed E-state index contributed by atoms with van der Waals surface area (Å²) in [5.41, 5.74) is 3.55. The molecule has 4 rings (SSSR count). The van der Waals surface area contributed by atoms with E-state index in [0.717, 1.165) is 22.2 Å². The maximum Gasteiger partial charge on any atom is 1.00 e. The minimum Gasteiger partial charge on any atom is -1.00 e. The Morgan fingerprint density at radius 1 is 1.21 bits per heavy atom. The van der Waals surface area contributed by atoms with E-state index in [1.165, 1.54) is 6.92 Å². The molecule has 1 aliphatic heterocycles. The molecule has 0 aliphatic carbocycles. The number of hydrogen-bond acceptors (Lipinski definition) is 4. The number of hydrogen-bond donors (Lipinski definition) is 2. The number of anilines is 1. The van der Waals surface area contributed by atoms with Crippen molar-refractivity contribution in [3.05, 3.63) is 65.9 Å². The summed E-state index contributed by atoms with van der Waals surface area (Å²) in [4.78, 5) is 27.8. The van der Waals surface area contributed by atoms with Crippen LogP contribution < -0.4 is 39.6 Å². The van der Waals surface area contributed by atoms with Crippen LogP contribution in [-0.4, -0.2) is 28.1 Å². The summed E-state index contributed by atoms with van der Waals surface area (Å²) < 4.78 is 5.53. The van der Waals surface area contributed by atoms with Crippen molar-refractivity contribution in [3.8, 4) is 5.75 Å². The fourth-order valence-electron chi connectivity index (χ4n) is 3.07. The molecule has 2 N–H and O–H groups in total. The quantitative estimate of drug-likeness (QED) is 0.511. The second-order valence-electron chi connectivity index (χ2n) is 6.21. The molecule has 7 heteroatoms. The van der Waals surface area contributed by atoms with Crippen LogP contribution in [0.25, 0.3) is 22.6 Å². The van der Waals surface area contributed by atoms with Crippen molar-refractivity contribution in [1.29, 1.82) is 0 Å². The summed E-state index contributed by atoms with van der Waals surface area (Å²) in [5.74, 6) is -0.823. The van der Waals surface area contributed by atoms with Gasteiger partial charge in [0.1, 0.15) is 11.3 Å². The van der Waals surface area contributed by atoms with Gasteiger partial charge in [-0.2, -0.15) is 0 Å². The fraction of sp³-hybridized carbons (Fsp3) is 0.0952. The van der Waals surface area contributed by atoms with Gasteiger partial charge in [-0.1, -0.05) is 30.3 Å². The number of carbonyl (C=O) groups excluding carboxylic acids is 1. The van der Waals surface area contributed by atoms with Gasteiger partial charge in [-0.25, -0.2) is 4.79 Å². The van der Waals surface area contributed by atoms with Gasteiger partial charge >= 0.3 is 35.5 Å². The van der Waals surface area contributed by atoms with Gasteiger partial charge in [0.05, 0.1) is 0 Å². The SMILES string of the molecule is CC(Oc1ccc(C=C2C(=O)Nc3ccccc32)c2cccnc12)C(=O)O.[H-].[Na+]. The average molecular weight is 384 g/mol. The van der Waals surface area contributed by atoms with Crippen molar-refractivity contribution < 1.29 is 50.4 Å². The number of aromatic nitrogens is 1. The maximum absolute atomic E-state index is 12.4. The van der Waals surface area contributed by atoms with Gasteiger partial charge in [0.15, 0.2) is 6.10 Å². The molecule has 0 radical (unpaired) electrons. The van der Waals surface area contributed by atoms with Crippen LogP contribution in [0, 0.1) is 0 Å². The normalized spacial score (nSPS) is 14.9. The first-order chi connectivity index (χ1) is 13.0. The fourth-order valence-corrected chi connectivity index (χ4v) is 3.07. The Morgan fingerprint density at radius 3 is 2.79 bits per heavy atom. The molecule has 28 heavy (non-hydrogen) atoms. The van der Waals surface area contributed by atoms with Gasteiger partial charge in [-0.15, -0.1) is 0 Å². The van der Waals surface area contributed by atoms with Crippen molar-refractivity contribution in [2.75, 3.05) is 5.32 Å². The molecule has 1 unspecified atom stereocenters. The van der Waals surface area contributed by atoms with Gasteiger partial charge in [-0.05, 0) is 36.8 Å². The number of para-hydroxylation sites is 1. The Morgan fingerprint density at radius 2 is 2.00 bits per heavy atom. The zero-order chi connectivity index (χ0) is 19.0. The van der Waals surface area contributed by atoms with Gasteiger partial charge in [-0.3, -0.25) is 9.78 Å². The number of carboxylic acids is 1. The van der Waals surface area contributed by atoms with E-state index in [9.17, 15) is 9.59 Å². The zero-order valence-corrected chi connectivity index (χ0v) is 17.5. The second kappa shape index (κ2) is 8.14. The summed E-state index contributed by atoms with van der Waals surface area (Å²) in [6, 6.07) is 14.6. The predicted octanol–water partition coefficient (Wildman–Crippen LogP) is 0.696. The zero-order valence-electron chi connectivity index (χ0n) is 16.5. The van der Waals surface area contributed by atoms with Crippen molar-refractivity contribution in [2.24, 2.45) is 0 Å². The number of fused-ring (bicyclic) bond motifs is 2. The summed E-state index contributed by atoms with van der Waals surface area (Å²) in [5, 5.41) is 12.7. The van der Waals surface area contributed by atoms with Gasteiger partial charge < -0.3 is 16.6 Å². The number of pyridine rings is 1. The third-order valence-corrected chi connectivity index (χ3v) is 4.43. The number of ether oxygens (including phenoxy) is 1. The molecule has 0 saturated carbocycles. The number of benzene rings is 2. The average Bonchev–Trinajstić information content (AvgIpc) is 2.99. The smallest absolute Gasteiger partial charge is 1.00 e. The maximum atomic E-state index is 12.4. The van der Waals surface area contributed by atoms with Crippen LogP contribution >= 0.6 is 0 Å². The van der Waals surface area contributed by atoms with E-state index in [1.807, 2.05) is 36.4 Å². The van der Waals surface area contributed by atoms with Crippen molar-refractivity contribution in [1.82, 2.24) is 4.98 Å². The number of nitrogens with zero attached hydrogens (tertiary/aromatic N) is 1. The molecule has 3 aromatic rings. The van der Waals surface area contributed by atoms with Crippen molar-refractivity contribution in [3.63, 3.8) is 0 Å². The van der Waals surface area contributed by atoms with E-state index in [4.69, 9.17) is 9.84 Å². The minimum absolute atomic E-state index is 0. The Hall–Kier alpha value is -2.67. The molecule has 136 valence electrons. The Kier molecular flexibility index (Phi) is 5.84. The predicted molar refractivity (Wildman–Crippen MR) is 104 cm³/mol. The second-order valence-corrected chi connectivity index (χ2v) is 6.21. The molecule has 0 bridgehead atoms. The summed E-state index contributed by atoms with van der Waals surface area (Å²) in [7, 11) is 0.